The Balaban J connectivity index is 2.55. The number of halogens is 1. The van der Waals surface area contributed by atoms with Gasteiger partial charge in [0.25, 0.3) is 0 Å². The SMILES string of the molecule is CCOC(CN)COc1cc(C)ccc1F. The fourth-order valence-electron chi connectivity index (χ4n) is 1.32. The van der Waals surface area contributed by atoms with Crippen LogP contribution in [0.4, 0.5) is 4.39 Å². The molecule has 1 aromatic rings. The van der Waals surface area contributed by atoms with Crippen molar-refractivity contribution in [3.8, 4) is 5.75 Å². The summed E-state index contributed by atoms with van der Waals surface area (Å²) in [6.07, 6.45) is -0.190. The van der Waals surface area contributed by atoms with Crippen LogP contribution in [0.2, 0.25) is 0 Å². The third-order valence-corrected chi connectivity index (χ3v) is 2.18. The molecule has 1 aromatic carbocycles. The second-order valence-electron chi connectivity index (χ2n) is 3.56. The zero-order valence-electron chi connectivity index (χ0n) is 9.70. The van der Waals surface area contributed by atoms with Crippen LogP contribution in [0.25, 0.3) is 0 Å². The molecule has 0 aliphatic heterocycles. The first-order valence-electron chi connectivity index (χ1n) is 5.38. The van der Waals surface area contributed by atoms with E-state index in [0.29, 0.717) is 13.2 Å². The first kappa shape index (κ1) is 12.9. The maximum Gasteiger partial charge on any atom is 0.165 e. The summed E-state index contributed by atoms with van der Waals surface area (Å²) in [5.74, 6) is -0.115. The molecule has 0 saturated carbocycles. The highest BCUT2D eigenvalue weighted by Crippen LogP contribution is 2.18. The molecule has 2 N–H and O–H groups in total. The molecule has 4 heteroatoms. The van der Waals surface area contributed by atoms with Crippen molar-refractivity contribution in [3.05, 3.63) is 29.6 Å². The Morgan fingerprint density at radius 3 is 2.81 bits per heavy atom. The third-order valence-electron chi connectivity index (χ3n) is 2.18. The predicted octanol–water partition coefficient (Wildman–Crippen LogP) is 1.88. The van der Waals surface area contributed by atoms with Crippen molar-refractivity contribution >= 4 is 0 Å². The van der Waals surface area contributed by atoms with Crippen LogP contribution in [-0.2, 0) is 4.74 Å². The van der Waals surface area contributed by atoms with Crippen molar-refractivity contribution in [1.82, 2.24) is 0 Å². The van der Waals surface area contributed by atoms with Crippen LogP contribution in [-0.4, -0.2) is 25.9 Å². The number of rotatable bonds is 6. The van der Waals surface area contributed by atoms with Gasteiger partial charge in [-0.05, 0) is 31.5 Å². The Bertz CT molecular complexity index is 331. The molecule has 0 radical (unpaired) electrons. The van der Waals surface area contributed by atoms with Gasteiger partial charge >= 0.3 is 0 Å². The second kappa shape index (κ2) is 6.45. The van der Waals surface area contributed by atoms with Crippen LogP contribution >= 0.6 is 0 Å². The lowest BCUT2D eigenvalue weighted by Gasteiger charge is -2.16. The summed E-state index contributed by atoms with van der Waals surface area (Å²) in [5, 5.41) is 0. The van der Waals surface area contributed by atoms with Gasteiger partial charge in [-0.25, -0.2) is 4.39 Å². The Morgan fingerprint density at radius 1 is 1.44 bits per heavy atom. The van der Waals surface area contributed by atoms with E-state index in [9.17, 15) is 4.39 Å². The fraction of sp³-hybridized carbons (Fsp3) is 0.500. The zero-order chi connectivity index (χ0) is 12.0. The van der Waals surface area contributed by atoms with E-state index < -0.39 is 0 Å². The largest absolute Gasteiger partial charge is 0.488 e. The van der Waals surface area contributed by atoms with Crippen molar-refractivity contribution in [2.24, 2.45) is 5.73 Å². The summed E-state index contributed by atoms with van der Waals surface area (Å²) < 4.78 is 24.0. The molecule has 90 valence electrons. The number of aryl methyl sites for hydroxylation is 1. The predicted molar refractivity (Wildman–Crippen MR) is 61.1 cm³/mol. The van der Waals surface area contributed by atoms with Gasteiger partial charge in [-0.1, -0.05) is 6.07 Å². The monoisotopic (exact) mass is 227 g/mol. The molecule has 0 heterocycles. The molecule has 16 heavy (non-hydrogen) atoms. The number of benzene rings is 1. The average molecular weight is 227 g/mol. The first-order valence-corrected chi connectivity index (χ1v) is 5.38. The standard InChI is InChI=1S/C12H18FNO2/c1-3-15-10(7-14)8-16-12-6-9(2)4-5-11(12)13/h4-6,10H,3,7-8,14H2,1-2H3. The molecule has 1 rings (SSSR count). The molecule has 1 atom stereocenters. The lowest BCUT2D eigenvalue weighted by Crippen LogP contribution is -2.30. The topological polar surface area (TPSA) is 44.5 Å². The van der Waals surface area contributed by atoms with Crippen LogP contribution in [0.5, 0.6) is 5.75 Å². The highest BCUT2D eigenvalue weighted by molar-refractivity contribution is 5.29. The summed E-state index contributed by atoms with van der Waals surface area (Å²) in [6.45, 7) is 4.97. The van der Waals surface area contributed by atoms with Crippen LogP contribution in [0, 0.1) is 12.7 Å². The summed E-state index contributed by atoms with van der Waals surface area (Å²) in [4.78, 5) is 0. The smallest absolute Gasteiger partial charge is 0.165 e. The molecule has 3 nitrogen and oxygen atoms in total. The number of nitrogens with two attached hydrogens (primary N) is 1. The van der Waals surface area contributed by atoms with Gasteiger partial charge in [-0.15, -0.1) is 0 Å². The Hall–Kier alpha value is -1.13. The van der Waals surface area contributed by atoms with Gasteiger partial charge in [0.05, 0.1) is 0 Å². The van der Waals surface area contributed by atoms with Crippen molar-refractivity contribution in [2.45, 2.75) is 20.0 Å². The van der Waals surface area contributed by atoms with Gasteiger partial charge in [0, 0.05) is 13.2 Å². The van der Waals surface area contributed by atoms with Gasteiger partial charge in [0.2, 0.25) is 0 Å². The van der Waals surface area contributed by atoms with Gasteiger partial charge in [-0.2, -0.15) is 0 Å². The maximum absolute atomic E-state index is 13.3. The normalized spacial score (nSPS) is 12.5. The number of ether oxygens (including phenoxy) is 2. The van der Waals surface area contributed by atoms with Crippen LogP contribution < -0.4 is 10.5 Å². The molecule has 1 unspecified atom stereocenters. The lowest BCUT2D eigenvalue weighted by atomic mass is 10.2. The fourth-order valence-corrected chi connectivity index (χ4v) is 1.32. The Morgan fingerprint density at radius 2 is 2.19 bits per heavy atom. The van der Waals surface area contributed by atoms with Crippen LogP contribution in [0.3, 0.4) is 0 Å². The van der Waals surface area contributed by atoms with Gasteiger partial charge in [0.15, 0.2) is 11.6 Å². The third kappa shape index (κ3) is 3.79. The summed E-state index contributed by atoms with van der Waals surface area (Å²) in [5.41, 5.74) is 6.45. The minimum Gasteiger partial charge on any atom is -0.488 e. The van der Waals surface area contributed by atoms with E-state index in [4.69, 9.17) is 15.2 Å². The van der Waals surface area contributed by atoms with E-state index in [2.05, 4.69) is 0 Å². The molecule has 0 spiro atoms. The van der Waals surface area contributed by atoms with E-state index in [1.54, 1.807) is 12.1 Å². The molecule has 0 bridgehead atoms. The van der Waals surface area contributed by atoms with Crippen molar-refractivity contribution in [3.63, 3.8) is 0 Å². The lowest BCUT2D eigenvalue weighted by molar-refractivity contribution is 0.0327. The average Bonchev–Trinajstić information content (AvgIpc) is 2.28. The second-order valence-corrected chi connectivity index (χ2v) is 3.56. The molecule has 0 fully saturated rings. The Kier molecular flexibility index (Phi) is 5.22. The molecular weight excluding hydrogens is 209 g/mol. The quantitative estimate of drug-likeness (QED) is 0.807. The van der Waals surface area contributed by atoms with Gasteiger partial charge < -0.3 is 15.2 Å². The minimum absolute atomic E-state index is 0.190. The van der Waals surface area contributed by atoms with E-state index in [0.717, 1.165) is 5.56 Å². The van der Waals surface area contributed by atoms with Crippen LogP contribution in [0.15, 0.2) is 18.2 Å². The van der Waals surface area contributed by atoms with E-state index in [1.807, 2.05) is 13.8 Å². The molecular formula is C12H18FNO2. The summed E-state index contributed by atoms with van der Waals surface area (Å²) in [6, 6.07) is 4.75. The molecule has 0 aliphatic carbocycles. The highest BCUT2D eigenvalue weighted by atomic mass is 19.1. The van der Waals surface area contributed by atoms with Crippen LogP contribution in [0.1, 0.15) is 12.5 Å². The highest BCUT2D eigenvalue weighted by Gasteiger charge is 2.09. The first-order chi connectivity index (χ1) is 7.67. The summed E-state index contributed by atoms with van der Waals surface area (Å²) in [7, 11) is 0. The molecule has 0 aromatic heterocycles. The van der Waals surface area contributed by atoms with Gasteiger partial charge in [0.1, 0.15) is 12.7 Å². The summed E-state index contributed by atoms with van der Waals surface area (Å²) >= 11 is 0. The Labute approximate surface area is 95.4 Å². The van der Waals surface area contributed by atoms with Crippen molar-refractivity contribution in [2.75, 3.05) is 19.8 Å². The minimum atomic E-state index is -0.363. The van der Waals surface area contributed by atoms with Gasteiger partial charge in [-0.3, -0.25) is 0 Å². The number of hydrogen-bond acceptors (Lipinski definition) is 3. The van der Waals surface area contributed by atoms with Crippen molar-refractivity contribution < 1.29 is 13.9 Å². The molecule has 0 amide bonds. The zero-order valence-corrected chi connectivity index (χ0v) is 9.70. The maximum atomic E-state index is 13.3. The van der Waals surface area contributed by atoms with E-state index >= 15 is 0 Å². The molecule has 0 saturated heterocycles. The van der Waals surface area contributed by atoms with E-state index in [1.165, 1.54) is 6.07 Å². The van der Waals surface area contributed by atoms with E-state index in [-0.39, 0.29) is 24.3 Å². The molecule has 0 aliphatic rings. The number of hydrogen-bond donors (Lipinski definition) is 1. The van der Waals surface area contributed by atoms with Crippen molar-refractivity contribution in [1.29, 1.82) is 0 Å².